The van der Waals surface area contributed by atoms with Gasteiger partial charge >= 0.3 is 0 Å². The first-order valence-electron chi connectivity index (χ1n) is 8.91. The van der Waals surface area contributed by atoms with Crippen LogP contribution in [-0.2, 0) is 11.3 Å². The standard InChI is InChI=1S/C21H21N3OS/c1-2-18(15-6-4-3-5-7-15)20(25)22-17-10-8-16(9-11-17)19-14-24-12-13-26-21(24)23-19/h3-11,14,18H,2,12-13H2,1H3,(H,22,25). The lowest BCUT2D eigenvalue weighted by Gasteiger charge is -2.15. The molecule has 0 bridgehead atoms. The fourth-order valence-electron chi connectivity index (χ4n) is 3.26. The van der Waals surface area contributed by atoms with Crippen molar-refractivity contribution in [2.24, 2.45) is 0 Å². The third kappa shape index (κ3) is 3.40. The monoisotopic (exact) mass is 363 g/mol. The zero-order chi connectivity index (χ0) is 17.9. The van der Waals surface area contributed by atoms with Crippen LogP contribution >= 0.6 is 11.8 Å². The molecule has 0 aliphatic carbocycles. The summed E-state index contributed by atoms with van der Waals surface area (Å²) in [6.45, 7) is 3.06. The molecule has 5 heteroatoms. The van der Waals surface area contributed by atoms with Gasteiger partial charge < -0.3 is 9.88 Å². The summed E-state index contributed by atoms with van der Waals surface area (Å²) in [6, 6.07) is 17.9. The van der Waals surface area contributed by atoms with Crippen molar-refractivity contribution in [1.82, 2.24) is 9.55 Å². The summed E-state index contributed by atoms with van der Waals surface area (Å²) in [4.78, 5) is 17.3. The molecule has 1 aliphatic heterocycles. The Morgan fingerprint density at radius 1 is 1.19 bits per heavy atom. The number of nitrogens with one attached hydrogen (secondary N) is 1. The Bertz CT molecular complexity index is 881. The average molecular weight is 363 g/mol. The van der Waals surface area contributed by atoms with E-state index in [2.05, 4.69) is 21.1 Å². The molecule has 26 heavy (non-hydrogen) atoms. The average Bonchev–Trinajstić information content (AvgIpc) is 3.26. The Morgan fingerprint density at radius 2 is 1.96 bits per heavy atom. The number of carbonyl (C=O) groups is 1. The number of anilines is 1. The van der Waals surface area contributed by atoms with E-state index in [1.807, 2.05) is 61.5 Å². The van der Waals surface area contributed by atoms with Gasteiger partial charge in [-0.3, -0.25) is 4.79 Å². The van der Waals surface area contributed by atoms with Gasteiger partial charge in [0.2, 0.25) is 5.91 Å². The maximum Gasteiger partial charge on any atom is 0.231 e. The van der Waals surface area contributed by atoms with E-state index in [1.165, 1.54) is 0 Å². The van der Waals surface area contributed by atoms with Crippen LogP contribution in [0.5, 0.6) is 0 Å². The highest BCUT2D eigenvalue weighted by molar-refractivity contribution is 7.99. The van der Waals surface area contributed by atoms with E-state index in [0.29, 0.717) is 0 Å². The number of aryl methyl sites for hydroxylation is 1. The normalized spacial score (nSPS) is 14.0. The lowest BCUT2D eigenvalue weighted by molar-refractivity contribution is -0.117. The molecule has 4 nitrogen and oxygen atoms in total. The first kappa shape index (κ1) is 16.9. The maximum atomic E-state index is 12.7. The SMILES string of the molecule is CCC(C(=O)Nc1ccc(-c2cn3c(n2)SCC3)cc1)c1ccccc1. The molecule has 1 unspecified atom stereocenters. The van der Waals surface area contributed by atoms with Crippen LogP contribution in [0.2, 0.25) is 0 Å². The largest absolute Gasteiger partial charge is 0.326 e. The van der Waals surface area contributed by atoms with E-state index in [9.17, 15) is 4.79 Å². The van der Waals surface area contributed by atoms with Gasteiger partial charge in [-0.1, -0.05) is 61.2 Å². The Morgan fingerprint density at radius 3 is 2.65 bits per heavy atom. The molecule has 1 amide bonds. The van der Waals surface area contributed by atoms with E-state index in [1.54, 1.807) is 11.8 Å². The number of imidazole rings is 1. The Kier molecular flexibility index (Phi) is 4.80. The third-order valence-corrected chi connectivity index (χ3v) is 5.65. The number of nitrogens with zero attached hydrogens (tertiary/aromatic N) is 2. The van der Waals surface area contributed by atoms with Gasteiger partial charge in [0.05, 0.1) is 11.6 Å². The Balaban J connectivity index is 1.47. The van der Waals surface area contributed by atoms with E-state index in [-0.39, 0.29) is 11.8 Å². The lowest BCUT2D eigenvalue weighted by atomic mass is 9.95. The summed E-state index contributed by atoms with van der Waals surface area (Å²) in [5, 5.41) is 4.13. The van der Waals surface area contributed by atoms with Crippen molar-refractivity contribution in [3.8, 4) is 11.3 Å². The maximum absolute atomic E-state index is 12.7. The van der Waals surface area contributed by atoms with E-state index in [4.69, 9.17) is 0 Å². The summed E-state index contributed by atoms with van der Waals surface area (Å²) in [5.41, 5.74) is 3.92. The van der Waals surface area contributed by atoms with Crippen molar-refractivity contribution in [2.45, 2.75) is 31.0 Å². The van der Waals surface area contributed by atoms with Gasteiger partial charge in [-0.25, -0.2) is 4.98 Å². The van der Waals surface area contributed by atoms with Gasteiger partial charge in [0.15, 0.2) is 5.16 Å². The number of fused-ring (bicyclic) bond motifs is 1. The van der Waals surface area contributed by atoms with Crippen molar-refractivity contribution in [3.05, 3.63) is 66.4 Å². The van der Waals surface area contributed by atoms with Crippen LogP contribution in [0.3, 0.4) is 0 Å². The minimum absolute atomic E-state index is 0.0313. The van der Waals surface area contributed by atoms with Gasteiger partial charge in [0.1, 0.15) is 0 Å². The summed E-state index contributed by atoms with van der Waals surface area (Å²) < 4.78 is 2.20. The molecule has 0 radical (unpaired) electrons. The number of thioether (sulfide) groups is 1. The topological polar surface area (TPSA) is 46.9 Å². The van der Waals surface area contributed by atoms with Gasteiger partial charge in [0, 0.05) is 29.7 Å². The molecule has 0 fully saturated rings. The van der Waals surface area contributed by atoms with Gasteiger partial charge in [0.25, 0.3) is 0 Å². The number of rotatable bonds is 5. The predicted octanol–water partition coefficient (Wildman–Crippen LogP) is 4.79. The highest BCUT2D eigenvalue weighted by atomic mass is 32.2. The molecule has 1 aliphatic rings. The number of hydrogen-bond acceptors (Lipinski definition) is 3. The van der Waals surface area contributed by atoms with Crippen molar-refractivity contribution in [2.75, 3.05) is 11.1 Å². The number of amides is 1. The molecule has 3 aromatic rings. The number of benzene rings is 2. The first-order chi connectivity index (χ1) is 12.7. The number of hydrogen-bond donors (Lipinski definition) is 1. The predicted molar refractivity (Wildman–Crippen MR) is 106 cm³/mol. The highest BCUT2D eigenvalue weighted by Crippen LogP contribution is 2.29. The van der Waals surface area contributed by atoms with E-state index < -0.39 is 0 Å². The minimum Gasteiger partial charge on any atom is -0.326 e. The molecule has 0 saturated heterocycles. The summed E-state index contributed by atoms with van der Waals surface area (Å²) in [5.74, 6) is 1.00. The summed E-state index contributed by atoms with van der Waals surface area (Å²) in [7, 11) is 0. The Hall–Kier alpha value is -2.53. The zero-order valence-corrected chi connectivity index (χ0v) is 15.5. The Labute approximate surface area is 157 Å². The number of carbonyl (C=O) groups excluding carboxylic acids is 1. The molecular weight excluding hydrogens is 342 g/mol. The second-order valence-electron chi connectivity index (χ2n) is 6.39. The smallest absolute Gasteiger partial charge is 0.231 e. The molecule has 2 heterocycles. The molecule has 1 aromatic heterocycles. The summed E-state index contributed by atoms with van der Waals surface area (Å²) in [6.07, 6.45) is 2.87. The van der Waals surface area contributed by atoms with E-state index >= 15 is 0 Å². The molecule has 4 rings (SSSR count). The third-order valence-electron chi connectivity index (χ3n) is 4.68. The van der Waals surface area contributed by atoms with Crippen molar-refractivity contribution < 1.29 is 4.79 Å². The molecular formula is C21H21N3OS. The first-order valence-corrected chi connectivity index (χ1v) is 9.89. The molecule has 1 atom stereocenters. The number of aromatic nitrogens is 2. The zero-order valence-electron chi connectivity index (χ0n) is 14.7. The van der Waals surface area contributed by atoms with Crippen LogP contribution in [0, 0.1) is 0 Å². The van der Waals surface area contributed by atoms with Crippen LogP contribution in [-0.4, -0.2) is 21.2 Å². The highest BCUT2D eigenvalue weighted by Gasteiger charge is 2.19. The van der Waals surface area contributed by atoms with Gasteiger partial charge in [-0.05, 0) is 24.1 Å². The van der Waals surface area contributed by atoms with Crippen LogP contribution in [0.4, 0.5) is 5.69 Å². The van der Waals surface area contributed by atoms with Gasteiger partial charge in [-0.2, -0.15) is 0 Å². The van der Waals surface area contributed by atoms with Crippen LogP contribution < -0.4 is 5.32 Å². The molecule has 0 saturated carbocycles. The summed E-state index contributed by atoms with van der Waals surface area (Å²) >= 11 is 1.79. The van der Waals surface area contributed by atoms with Crippen molar-refractivity contribution in [1.29, 1.82) is 0 Å². The fraction of sp³-hybridized carbons (Fsp3) is 0.238. The fourth-order valence-corrected chi connectivity index (χ4v) is 4.20. The lowest BCUT2D eigenvalue weighted by Crippen LogP contribution is -2.20. The second-order valence-corrected chi connectivity index (χ2v) is 7.45. The molecule has 0 spiro atoms. The second kappa shape index (κ2) is 7.38. The van der Waals surface area contributed by atoms with Crippen molar-refractivity contribution >= 4 is 23.4 Å². The van der Waals surface area contributed by atoms with E-state index in [0.717, 1.165) is 46.4 Å². The molecule has 1 N–H and O–H groups in total. The molecule has 132 valence electrons. The minimum atomic E-state index is -0.135. The quantitative estimate of drug-likeness (QED) is 0.709. The van der Waals surface area contributed by atoms with Gasteiger partial charge in [-0.15, -0.1) is 0 Å². The van der Waals surface area contributed by atoms with Crippen molar-refractivity contribution in [3.63, 3.8) is 0 Å². The molecule has 2 aromatic carbocycles. The van der Waals surface area contributed by atoms with Crippen LogP contribution in [0.1, 0.15) is 24.8 Å². The van der Waals surface area contributed by atoms with Crippen LogP contribution in [0.15, 0.2) is 66.0 Å². The van der Waals surface area contributed by atoms with Crippen LogP contribution in [0.25, 0.3) is 11.3 Å².